The molecule has 2 atom stereocenters. The largest absolute Gasteiger partial charge is 0.379 e. The van der Waals surface area contributed by atoms with Crippen molar-refractivity contribution in [3.8, 4) is 0 Å². The third-order valence-electron chi connectivity index (χ3n) is 4.36. The van der Waals surface area contributed by atoms with E-state index in [1.165, 1.54) is 5.56 Å². The Kier molecular flexibility index (Phi) is 9.05. The molecule has 0 aromatic heterocycles. The van der Waals surface area contributed by atoms with Crippen molar-refractivity contribution in [2.45, 2.75) is 46.1 Å². The summed E-state index contributed by atoms with van der Waals surface area (Å²) in [5, 5.41) is 2.94. The number of rotatable bonds is 10. The predicted molar refractivity (Wildman–Crippen MR) is 101 cm³/mol. The quantitative estimate of drug-likeness (QED) is 0.643. The smallest absolute Gasteiger partial charge is 0.249 e. The fourth-order valence-corrected chi connectivity index (χ4v) is 2.97. The van der Waals surface area contributed by atoms with E-state index in [0.29, 0.717) is 26.4 Å². The monoisotopic (exact) mass is 364 g/mol. The second kappa shape index (κ2) is 11.3. The third kappa shape index (κ3) is 7.41. The molecule has 1 saturated heterocycles. The van der Waals surface area contributed by atoms with Gasteiger partial charge in [0.1, 0.15) is 6.10 Å². The van der Waals surface area contributed by atoms with E-state index < -0.39 is 6.10 Å². The topological polar surface area (TPSA) is 60.0 Å². The van der Waals surface area contributed by atoms with Crippen molar-refractivity contribution in [2.24, 2.45) is 0 Å². The highest BCUT2D eigenvalue weighted by atomic mass is 16.5. The zero-order valence-electron chi connectivity index (χ0n) is 16.2. The first-order chi connectivity index (χ1) is 12.6. The molecule has 1 aromatic carbocycles. The summed E-state index contributed by atoms with van der Waals surface area (Å²) < 4.78 is 16.3. The third-order valence-corrected chi connectivity index (χ3v) is 4.36. The number of morpholine rings is 1. The Morgan fingerprint density at radius 2 is 2.19 bits per heavy atom. The Morgan fingerprint density at radius 3 is 2.96 bits per heavy atom. The standard InChI is InChI=1S/C20H32N2O4/c1-4-24-10-11-26-17(3)20(23)21-13-18-6-5-7-19(12-18)15-22-8-9-25-16(2)14-22/h5-7,12,16-17H,4,8-11,13-15H2,1-3H3,(H,21,23). The van der Waals surface area contributed by atoms with E-state index in [1.807, 2.05) is 19.1 Å². The van der Waals surface area contributed by atoms with Gasteiger partial charge in [-0.15, -0.1) is 0 Å². The van der Waals surface area contributed by atoms with Crippen LogP contribution in [0.2, 0.25) is 0 Å². The van der Waals surface area contributed by atoms with Gasteiger partial charge < -0.3 is 19.5 Å². The lowest BCUT2D eigenvalue weighted by Gasteiger charge is -2.31. The highest BCUT2D eigenvalue weighted by Crippen LogP contribution is 2.12. The minimum absolute atomic E-state index is 0.103. The van der Waals surface area contributed by atoms with E-state index in [1.54, 1.807) is 6.92 Å². The number of hydrogen-bond acceptors (Lipinski definition) is 5. The Labute approximate surface area is 156 Å². The fourth-order valence-electron chi connectivity index (χ4n) is 2.97. The van der Waals surface area contributed by atoms with Crippen LogP contribution in [0, 0.1) is 0 Å². The molecule has 6 heteroatoms. The second-order valence-electron chi connectivity index (χ2n) is 6.66. The van der Waals surface area contributed by atoms with Gasteiger partial charge in [-0.05, 0) is 31.9 Å². The lowest BCUT2D eigenvalue weighted by atomic mass is 10.1. The molecule has 1 N–H and O–H groups in total. The summed E-state index contributed by atoms with van der Waals surface area (Å²) in [5.74, 6) is -0.103. The molecule has 0 aliphatic carbocycles. The highest BCUT2D eigenvalue weighted by molar-refractivity contribution is 5.80. The Bertz CT molecular complexity index is 552. The van der Waals surface area contributed by atoms with Crippen LogP contribution in [0.3, 0.4) is 0 Å². The van der Waals surface area contributed by atoms with Gasteiger partial charge in [0.15, 0.2) is 0 Å². The molecule has 1 amide bonds. The van der Waals surface area contributed by atoms with Crippen molar-refractivity contribution in [3.05, 3.63) is 35.4 Å². The number of nitrogens with one attached hydrogen (secondary N) is 1. The van der Waals surface area contributed by atoms with E-state index in [0.717, 1.165) is 31.8 Å². The van der Waals surface area contributed by atoms with Crippen LogP contribution in [0.25, 0.3) is 0 Å². The van der Waals surface area contributed by atoms with E-state index in [-0.39, 0.29) is 12.0 Å². The molecule has 1 aliphatic rings. The SMILES string of the molecule is CCOCCOC(C)C(=O)NCc1cccc(CN2CCOC(C)C2)c1. The minimum Gasteiger partial charge on any atom is -0.379 e. The molecule has 146 valence electrons. The number of benzene rings is 1. The molecular weight excluding hydrogens is 332 g/mol. The number of carbonyl (C=O) groups excluding carboxylic acids is 1. The maximum absolute atomic E-state index is 12.1. The van der Waals surface area contributed by atoms with Crippen molar-refractivity contribution < 1.29 is 19.0 Å². The zero-order chi connectivity index (χ0) is 18.8. The van der Waals surface area contributed by atoms with Crippen LogP contribution in [0.1, 0.15) is 31.9 Å². The molecular formula is C20H32N2O4. The summed E-state index contributed by atoms with van der Waals surface area (Å²) in [6.07, 6.45) is -0.191. The number of carbonyl (C=O) groups is 1. The van der Waals surface area contributed by atoms with Gasteiger partial charge in [0, 0.05) is 32.8 Å². The van der Waals surface area contributed by atoms with E-state index in [2.05, 4.69) is 29.3 Å². The van der Waals surface area contributed by atoms with Crippen LogP contribution in [0.5, 0.6) is 0 Å². The van der Waals surface area contributed by atoms with Gasteiger partial charge in [-0.2, -0.15) is 0 Å². The van der Waals surface area contributed by atoms with Crippen molar-refractivity contribution in [1.82, 2.24) is 10.2 Å². The van der Waals surface area contributed by atoms with Gasteiger partial charge in [-0.1, -0.05) is 24.3 Å². The molecule has 26 heavy (non-hydrogen) atoms. The molecule has 1 aromatic rings. The fraction of sp³-hybridized carbons (Fsp3) is 0.650. The molecule has 2 unspecified atom stereocenters. The van der Waals surface area contributed by atoms with Gasteiger partial charge in [-0.25, -0.2) is 0 Å². The average Bonchev–Trinajstić information content (AvgIpc) is 2.63. The summed E-state index contributed by atoms with van der Waals surface area (Å²) in [5.41, 5.74) is 2.35. The molecule has 1 heterocycles. The molecule has 1 fully saturated rings. The van der Waals surface area contributed by atoms with E-state index in [4.69, 9.17) is 14.2 Å². The van der Waals surface area contributed by atoms with Gasteiger partial charge in [0.25, 0.3) is 0 Å². The maximum Gasteiger partial charge on any atom is 0.249 e. The summed E-state index contributed by atoms with van der Waals surface area (Å²) >= 11 is 0. The summed E-state index contributed by atoms with van der Waals surface area (Å²) in [6, 6.07) is 8.36. The molecule has 1 aliphatic heterocycles. The number of hydrogen-bond donors (Lipinski definition) is 1. The Morgan fingerprint density at radius 1 is 1.38 bits per heavy atom. The first-order valence-corrected chi connectivity index (χ1v) is 9.47. The minimum atomic E-state index is -0.478. The lowest BCUT2D eigenvalue weighted by molar-refractivity contribution is -0.132. The van der Waals surface area contributed by atoms with Gasteiger partial charge in [0.2, 0.25) is 5.91 Å². The Balaban J connectivity index is 1.76. The molecule has 0 radical (unpaired) electrons. The predicted octanol–water partition coefficient (Wildman–Crippen LogP) is 1.97. The van der Waals surface area contributed by atoms with Crippen LogP contribution in [-0.4, -0.2) is 62.5 Å². The van der Waals surface area contributed by atoms with E-state index >= 15 is 0 Å². The normalized spacial score (nSPS) is 19.3. The summed E-state index contributed by atoms with van der Waals surface area (Å²) in [4.78, 5) is 14.5. The first-order valence-electron chi connectivity index (χ1n) is 9.47. The van der Waals surface area contributed by atoms with Gasteiger partial charge in [0.05, 0.1) is 25.9 Å². The first kappa shape index (κ1) is 20.8. The van der Waals surface area contributed by atoms with E-state index in [9.17, 15) is 4.79 Å². The van der Waals surface area contributed by atoms with Crippen molar-refractivity contribution in [1.29, 1.82) is 0 Å². The van der Waals surface area contributed by atoms with Crippen molar-refractivity contribution in [2.75, 3.05) is 39.5 Å². The number of nitrogens with zero attached hydrogens (tertiary/aromatic N) is 1. The van der Waals surface area contributed by atoms with Crippen LogP contribution in [0.15, 0.2) is 24.3 Å². The second-order valence-corrected chi connectivity index (χ2v) is 6.66. The Hall–Kier alpha value is -1.47. The number of amides is 1. The van der Waals surface area contributed by atoms with Crippen LogP contribution in [-0.2, 0) is 32.1 Å². The zero-order valence-corrected chi connectivity index (χ0v) is 16.2. The van der Waals surface area contributed by atoms with Gasteiger partial charge >= 0.3 is 0 Å². The lowest BCUT2D eigenvalue weighted by Crippen LogP contribution is -2.40. The molecule has 0 spiro atoms. The van der Waals surface area contributed by atoms with Gasteiger partial charge in [-0.3, -0.25) is 9.69 Å². The van der Waals surface area contributed by atoms with Crippen molar-refractivity contribution in [3.63, 3.8) is 0 Å². The van der Waals surface area contributed by atoms with Crippen LogP contribution >= 0.6 is 0 Å². The molecule has 6 nitrogen and oxygen atoms in total. The highest BCUT2D eigenvalue weighted by Gasteiger charge is 2.17. The summed E-state index contributed by atoms with van der Waals surface area (Å²) in [6.45, 7) is 11.5. The molecule has 0 saturated carbocycles. The maximum atomic E-state index is 12.1. The molecule has 0 bridgehead atoms. The number of ether oxygens (including phenoxy) is 3. The summed E-state index contributed by atoms with van der Waals surface area (Å²) in [7, 11) is 0. The average molecular weight is 364 g/mol. The van der Waals surface area contributed by atoms with Crippen LogP contribution in [0.4, 0.5) is 0 Å². The van der Waals surface area contributed by atoms with Crippen molar-refractivity contribution >= 4 is 5.91 Å². The van der Waals surface area contributed by atoms with Crippen LogP contribution < -0.4 is 5.32 Å². The molecule has 2 rings (SSSR count).